The van der Waals surface area contributed by atoms with Gasteiger partial charge in [0.25, 0.3) is 5.56 Å². The molecule has 0 radical (unpaired) electrons. The van der Waals surface area contributed by atoms with Crippen LogP contribution in [-0.4, -0.2) is 20.2 Å². The van der Waals surface area contributed by atoms with Gasteiger partial charge < -0.3 is 14.1 Å². The molecule has 0 aromatic carbocycles. The Morgan fingerprint density at radius 2 is 2.11 bits per heavy atom. The molecule has 2 aromatic rings. The number of carbonyl (C=O) groups is 1. The van der Waals surface area contributed by atoms with E-state index in [9.17, 15) is 14.4 Å². The third kappa shape index (κ3) is 2.35. The van der Waals surface area contributed by atoms with Crippen molar-refractivity contribution >= 4 is 5.97 Å². The Hall–Kier alpha value is -2.57. The van der Waals surface area contributed by atoms with Crippen molar-refractivity contribution in [3.63, 3.8) is 0 Å². The highest BCUT2D eigenvalue weighted by atomic mass is 16.4. The minimum Gasteiger partial charge on any atom is -0.478 e. The van der Waals surface area contributed by atoms with Crippen LogP contribution < -0.4 is 11.2 Å². The minimum absolute atomic E-state index is 0.0239. The highest BCUT2D eigenvalue weighted by Gasteiger charge is 2.15. The highest BCUT2D eigenvalue weighted by Crippen LogP contribution is 2.14. The summed E-state index contributed by atoms with van der Waals surface area (Å²) in [5, 5.41) is 8.90. The normalized spacial score (nSPS) is 10.6. The van der Waals surface area contributed by atoms with Gasteiger partial charge in [-0.15, -0.1) is 0 Å². The molecule has 0 atom stereocenters. The number of aryl methyl sites for hydroxylation is 2. The fraction of sp³-hybridized carbons (Fsp3) is 0.250. The lowest BCUT2D eigenvalue weighted by Gasteiger charge is -2.03. The molecule has 0 aliphatic heterocycles. The fourth-order valence-corrected chi connectivity index (χ4v) is 1.75. The van der Waals surface area contributed by atoms with Crippen molar-refractivity contribution in [3.05, 3.63) is 56.3 Å². The number of hydrogen-bond acceptors (Lipinski definition) is 4. The van der Waals surface area contributed by atoms with Gasteiger partial charge in [-0.25, -0.2) is 9.59 Å². The Morgan fingerprint density at radius 3 is 2.68 bits per heavy atom. The Balaban J connectivity index is 2.45. The second-order valence-corrected chi connectivity index (χ2v) is 4.12. The lowest BCUT2D eigenvalue weighted by molar-refractivity contribution is 0.0695. The predicted molar refractivity (Wildman–Crippen MR) is 65.4 cm³/mol. The average Bonchev–Trinajstić information content (AvgIpc) is 2.71. The number of hydrogen-bond donors (Lipinski definition) is 1. The molecule has 0 unspecified atom stereocenters. The van der Waals surface area contributed by atoms with Crippen LogP contribution in [0.3, 0.4) is 0 Å². The van der Waals surface area contributed by atoms with E-state index in [4.69, 9.17) is 9.52 Å². The lowest BCUT2D eigenvalue weighted by Crippen LogP contribution is -2.38. The quantitative estimate of drug-likeness (QED) is 0.854. The molecule has 2 rings (SSSR count). The number of carboxylic acid groups (broad SMARTS) is 1. The number of aromatic nitrogens is 2. The van der Waals surface area contributed by atoms with Crippen molar-refractivity contribution in [1.82, 2.24) is 9.13 Å². The maximum atomic E-state index is 11.8. The number of carboxylic acids is 1. The van der Waals surface area contributed by atoms with Gasteiger partial charge in [0.2, 0.25) is 0 Å². The molecule has 2 heterocycles. The largest absolute Gasteiger partial charge is 0.478 e. The zero-order valence-corrected chi connectivity index (χ0v) is 10.4. The van der Waals surface area contributed by atoms with E-state index in [1.54, 1.807) is 0 Å². The second-order valence-electron chi connectivity index (χ2n) is 4.12. The number of aromatic carboxylic acids is 1. The van der Waals surface area contributed by atoms with Gasteiger partial charge in [-0.3, -0.25) is 9.36 Å². The van der Waals surface area contributed by atoms with Gasteiger partial charge in [-0.1, -0.05) is 0 Å². The summed E-state index contributed by atoms with van der Waals surface area (Å²) in [6, 6.07) is 2.58. The topological polar surface area (TPSA) is 94.4 Å². The van der Waals surface area contributed by atoms with Crippen LogP contribution in [0.15, 0.2) is 32.3 Å². The van der Waals surface area contributed by atoms with Crippen molar-refractivity contribution in [2.75, 3.05) is 0 Å². The zero-order chi connectivity index (χ0) is 14.2. The van der Waals surface area contributed by atoms with Crippen LogP contribution in [0.5, 0.6) is 0 Å². The van der Waals surface area contributed by atoms with Gasteiger partial charge >= 0.3 is 11.7 Å². The van der Waals surface area contributed by atoms with Crippen LogP contribution in [-0.2, 0) is 13.6 Å². The maximum absolute atomic E-state index is 11.8. The standard InChI is InChI=1S/C12H12N2O5/c1-7-9(11(16)17)5-8(19-7)6-14-10(15)3-4-13(2)12(14)18/h3-5H,6H2,1-2H3,(H,16,17). The molecule has 2 aromatic heterocycles. The van der Waals surface area contributed by atoms with Crippen molar-refractivity contribution in [1.29, 1.82) is 0 Å². The van der Waals surface area contributed by atoms with Gasteiger partial charge in [0, 0.05) is 19.3 Å². The molecule has 0 aliphatic rings. The van der Waals surface area contributed by atoms with Gasteiger partial charge in [0.15, 0.2) is 0 Å². The first-order chi connectivity index (χ1) is 8.90. The number of rotatable bonds is 3. The fourth-order valence-electron chi connectivity index (χ4n) is 1.75. The summed E-state index contributed by atoms with van der Waals surface area (Å²) in [6.45, 7) is 1.42. The predicted octanol–water partition coefficient (Wildman–Crippen LogP) is 0.195. The molecule has 0 bridgehead atoms. The van der Waals surface area contributed by atoms with E-state index in [0.717, 1.165) is 4.57 Å². The van der Waals surface area contributed by atoms with Crippen molar-refractivity contribution in [3.8, 4) is 0 Å². The summed E-state index contributed by atoms with van der Waals surface area (Å²) in [6.07, 6.45) is 1.37. The Kier molecular flexibility index (Phi) is 3.12. The second kappa shape index (κ2) is 4.60. The Bertz CT molecular complexity index is 750. The van der Waals surface area contributed by atoms with Crippen molar-refractivity contribution in [2.24, 2.45) is 7.05 Å². The first-order valence-corrected chi connectivity index (χ1v) is 5.49. The molecule has 7 heteroatoms. The molecule has 1 N–H and O–H groups in total. The van der Waals surface area contributed by atoms with E-state index in [2.05, 4.69) is 0 Å². The van der Waals surface area contributed by atoms with E-state index >= 15 is 0 Å². The van der Waals surface area contributed by atoms with E-state index in [-0.39, 0.29) is 23.6 Å². The summed E-state index contributed by atoms with van der Waals surface area (Å²) >= 11 is 0. The van der Waals surface area contributed by atoms with Crippen LogP contribution >= 0.6 is 0 Å². The van der Waals surface area contributed by atoms with Crippen LogP contribution in [0.1, 0.15) is 21.9 Å². The Morgan fingerprint density at radius 1 is 1.42 bits per heavy atom. The average molecular weight is 264 g/mol. The van der Waals surface area contributed by atoms with Crippen LogP contribution in [0.2, 0.25) is 0 Å². The summed E-state index contributed by atoms with van der Waals surface area (Å²) in [4.78, 5) is 34.3. The molecule has 19 heavy (non-hydrogen) atoms. The third-order valence-corrected chi connectivity index (χ3v) is 2.75. The van der Waals surface area contributed by atoms with Gasteiger partial charge in [0.1, 0.15) is 17.1 Å². The third-order valence-electron chi connectivity index (χ3n) is 2.75. The zero-order valence-electron chi connectivity index (χ0n) is 10.4. The van der Waals surface area contributed by atoms with Gasteiger partial charge in [-0.05, 0) is 13.0 Å². The number of furan rings is 1. The molecule has 0 aliphatic carbocycles. The molecule has 0 saturated heterocycles. The monoisotopic (exact) mass is 264 g/mol. The summed E-state index contributed by atoms with van der Waals surface area (Å²) in [5.41, 5.74) is -0.928. The van der Waals surface area contributed by atoms with E-state index in [1.807, 2.05) is 0 Å². The first kappa shape index (κ1) is 12.9. The molecule has 7 nitrogen and oxygen atoms in total. The highest BCUT2D eigenvalue weighted by molar-refractivity contribution is 5.88. The first-order valence-electron chi connectivity index (χ1n) is 5.49. The molecule has 0 saturated carbocycles. The lowest BCUT2D eigenvalue weighted by atomic mass is 10.2. The SMILES string of the molecule is Cc1oc(Cn2c(=O)ccn(C)c2=O)cc1C(=O)O. The van der Waals surface area contributed by atoms with E-state index in [0.29, 0.717) is 0 Å². The summed E-state index contributed by atoms with van der Waals surface area (Å²) in [7, 11) is 1.52. The van der Waals surface area contributed by atoms with Crippen molar-refractivity contribution in [2.45, 2.75) is 13.5 Å². The van der Waals surface area contributed by atoms with E-state index in [1.165, 1.54) is 36.9 Å². The van der Waals surface area contributed by atoms with Gasteiger partial charge in [-0.2, -0.15) is 0 Å². The van der Waals surface area contributed by atoms with Gasteiger partial charge in [0.05, 0.1) is 6.54 Å². The van der Waals surface area contributed by atoms with Crippen LogP contribution in [0.4, 0.5) is 0 Å². The summed E-state index contributed by atoms with van der Waals surface area (Å²) < 4.78 is 7.48. The molecule has 0 fully saturated rings. The molecular formula is C12H12N2O5. The Labute approximate surface area is 107 Å². The minimum atomic E-state index is -1.11. The molecule has 100 valence electrons. The number of nitrogens with zero attached hydrogens (tertiary/aromatic N) is 2. The van der Waals surface area contributed by atoms with Crippen LogP contribution in [0.25, 0.3) is 0 Å². The molecule has 0 amide bonds. The van der Waals surface area contributed by atoms with Crippen LogP contribution in [0, 0.1) is 6.92 Å². The maximum Gasteiger partial charge on any atom is 0.339 e. The van der Waals surface area contributed by atoms with E-state index < -0.39 is 17.2 Å². The molecule has 0 spiro atoms. The smallest absolute Gasteiger partial charge is 0.339 e. The van der Waals surface area contributed by atoms with Crippen molar-refractivity contribution < 1.29 is 14.3 Å². The molecular weight excluding hydrogens is 252 g/mol. The summed E-state index contributed by atoms with van der Waals surface area (Å²) in [5.74, 6) is -0.621.